The van der Waals surface area contributed by atoms with Gasteiger partial charge < -0.3 is 14.3 Å². The molecule has 0 saturated heterocycles. The van der Waals surface area contributed by atoms with Gasteiger partial charge in [-0.3, -0.25) is 4.79 Å². The molecular weight excluding hydrogens is 374 g/mol. The Labute approximate surface area is 164 Å². The standard InChI is InChI=1S/C19H17N7O3/c27-16(9-10-17-21-18(23-29-17)15-2-1-11-28-15)20-13-5-3-12(4-6-13)19-22-24-25-26(19)14-7-8-14/h1-6,11,14H,7-10H2,(H,20,27). The number of amides is 1. The molecule has 146 valence electrons. The number of benzene rings is 1. The molecule has 1 N–H and O–H groups in total. The van der Waals surface area contributed by atoms with Crippen LogP contribution in [0, 0.1) is 0 Å². The zero-order valence-electron chi connectivity index (χ0n) is 15.4. The molecule has 1 aliphatic rings. The first kappa shape index (κ1) is 17.3. The number of carbonyl (C=O) groups excluding carboxylic acids is 1. The molecule has 0 radical (unpaired) electrons. The second-order valence-corrected chi connectivity index (χ2v) is 6.79. The van der Waals surface area contributed by atoms with Crippen LogP contribution in [0.3, 0.4) is 0 Å². The average Bonchev–Trinajstić information content (AvgIpc) is 3.17. The van der Waals surface area contributed by atoms with Gasteiger partial charge >= 0.3 is 0 Å². The normalized spacial score (nSPS) is 13.5. The molecule has 29 heavy (non-hydrogen) atoms. The van der Waals surface area contributed by atoms with E-state index in [2.05, 4.69) is 31.0 Å². The van der Waals surface area contributed by atoms with Crippen molar-refractivity contribution in [1.82, 2.24) is 30.3 Å². The van der Waals surface area contributed by atoms with E-state index in [1.54, 1.807) is 12.1 Å². The monoisotopic (exact) mass is 391 g/mol. The summed E-state index contributed by atoms with van der Waals surface area (Å²) in [5.41, 5.74) is 1.61. The molecular formula is C19H17N7O3. The lowest BCUT2D eigenvalue weighted by molar-refractivity contribution is -0.116. The first-order chi connectivity index (χ1) is 14.3. The number of tetrazole rings is 1. The van der Waals surface area contributed by atoms with Crippen molar-refractivity contribution >= 4 is 11.6 Å². The Morgan fingerprint density at radius 2 is 2.07 bits per heavy atom. The van der Waals surface area contributed by atoms with Crippen molar-refractivity contribution in [2.75, 3.05) is 5.32 Å². The zero-order chi connectivity index (χ0) is 19.6. The summed E-state index contributed by atoms with van der Waals surface area (Å²) < 4.78 is 12.2. The molecule has 10 nitrogen and oxygen atoms in total. The minimum Gasteiger partial charge on any atom is -0.461 e. The maximum atomic E-state index is 12.2. The third-order valence-corrected chi connectivity index (χ3v) is 4.59. The summed E-state index contributed by atoms with van der Waals surface area (Å²) in [6.07, 6.45) is 4.32. The van der Waals surface area contributed by atoms with Gasteiger partial charge in [0.2, 0.25) is 17.6 Å². The fourth-order valence-corrected chi connectivity index (χ4v) is 2.96. The van der Waals surface area contributed by atoms with E-state index in [9.17, 15) is 4.79 Å². The number of aromatic nitrogens is 6. The molecule has 0 unspecified atom stereocenters. The molecule has 1 aromatic carbocycles. The van der Waals surface area contributed by atoms with Crippen LogP contribution in [0.15, 0.2) is 51.6 Å². The van der Waals surface area contributed by atoms with Crippen molar-refractivity contribution in [2.24, 2.45) is 0 Å². The predicted octanol–water partition coefficient (Wildman–Crippen LogP) is 2.89. The highest BCUT2D eigenvalue weighted by Crippen LogP contribution is 2.36. The smallest absolute Gasteiger partial charge is 0.238 e. The Morgan fingerprint density at radius 1 is 1.21 bits per heavy atom. The maximum Gasteiger partial charge on any atom is 0.238 e. The minimum atomic E-state index is -0.140. The molecule has 0 atom stereocenters. The average molecular weight is 391 g/mol. The van der Waals surface area contributed by atoms with Crippen LogP contribution >= 0.6 is 0 Å². The zero-order valence-corrected chi connectivity index (χ0v) is 15.4. The van der Waals surface area contributed by atoms with Gasteiger partial charge in [-0.1, -0.05) is 5.16 Å². The Morgan fingerprint density at radius 3 is 2.83 bits per heavy atom. The number of hydrogen-bond donors (Lipinski definition) is 1. The van der Waals surface area contributed by atoms with Gasteiger partial charge in [-0.05, 0) is 59.7 Å². The SMILES string of the molecule is O=C(CCc1nc(-c2ccco2)no1)Nc1ccc(-c2nnnn2C2CC2)cc1. The van der Waals surface area contributed by atoms with Gasteiger partial charge in [-0.25, -0.2) is 4.68 Å². The van der Waals surface area contributed by atoms with Crippen molar-refractivity contribution in [2.45, 2.75) is 31.7 Å². The number of rotatable bonds is 7. The molecule has 1 amide bonds. The number of nitrogens with zero attached hydrogens (tertiary/aromatic N) is 6. The summed E-state index contributed by atoms with van der Waals surface area (Å²) in [7, 11) is 0. The van der Waals surface area contributed by atoms with Crippen LogP contribution < -0.4 is 5.32 Å². The van der Waals surface area contributed by atoms with Crippen LogP contribution in [-0.4, -0.2) is 36.3 Å². The van der Waals surface area contributed by atoms with Crippen molar-refractivity contribution in [3.63, 3.8) is 0 Å². The van der Waals surface area contributed by atoms with Gasteiger partial charge in [-0.15, -0.1) is 5.10 Å². The largest absolute Gasteiger partial charge is 0.461 e. The number of nitrogens with one attached hydrogen (secondary N) is 1. The summed E-state index contributed by atoms with van der Waals surface area (Å²) in [6.45, 7) is 0. The molecule has 0 spiro atoms. The van der Waals surface area contributed by atoms with E-state index >= 15 is 0 Å². The Bertz CT molecular complexity index is 1110. The fraction of sp³-hybridized carbons (Fsp3) is 0.263. The molecule has 1 fully saturated rings. The van der Waals surface area contributed by atoms with E-state index in [4.69, 9.17) is 8.94 Å². The molecule has 1 aliphatic carbocycles. The van der Waals surface area contributed by atoms with Gasteiger partial charge in [0.15, 0.2) is 11.6 Å². The van der Waals surface area contributed by atoms with Crippen LogP contribution in [0.4, 0.5) is 5.69 Å². The van der Waals surface area contributed by atoms with Crippen LogP contribution in [0.25, 0.3) is 23.0 Å². The third kappa shape index (κ3) is 3.77. The number of carbonyl (C=O) groups is 1. The van der Waals surface area contributed by atoms with Crippen molar-refractivity contribution in [1.29, 1.82) is 0 Å². The highest BCUT2D eigenvalue weighted by molar-refractivity contribution is 5.91. The van der Waals surface area contributed by atoms with Crippen molar-refractivity contribution in [3.05, 3.63) is 48.6 Å². The summed E-state index contributed by atoms with van der Waals surface area (Å²) in [5, 5.41) is 18.6. The first-order valence-electron chi connectivity index (χ1n) is 9.31. The lowest BCUT2D eigenvalue weighted by Crippen LogP contribution is -2.12. The predicted molar refractivity (Wildman–Crippen MR) is 100 cm³/mol. The molecule has 3 aromatic heterocycles. The third-order valence-electron chi connectivity index (χ3n) is 4.59. The Hall–Kier alpha value is -3.82. The van der Waals surface area contributed by atoms with Crippen LogP contribution in [-0.2, 0) is 11.2 Å². The van der Waals surface area contributed by atoms with E-state index in [0.717, 1.165) is 24.2 Å². The topological polar surface area (TPSA) is 125 Å². The summed E-state index contributed by atoms with van der Waals surface area (Å²) in [6, 6.07) is 11.4. The lowest BCUT2D eigenvalue weighted by atomic mass is 10.2. The van der Waals surface area contributed by atoms with Gasteiger partial charge in [0.25, 0.3) is 0 Å². The molecule has 5 rings (SSSR count). The van der Waals surface area contributed by atoms with Crippen LogP contribution in [0.1, 0.15) is 31.2 Å². The maximum absolute atomic E-state index is 12.2. The molecule has 0 bridgehead atoms. The van der Waals surface area contributed by atoms with Crippen LogP contribution in [0.2, 0.25) is 0 Å². The van der Waals surface area contributed by atoms with Crippen molar-refractivity contribution < 1.29 is 13.7 Å². The van der Waals surface area contributed by atoms with E-state index in [1.165, 1.54) is 6.26 Å². The molecule has 4 aromatic rings. The lowest BCUT2D eigenvalue weighted by Gasteiger charge is -2.06. The first-order valence-corrected chi connectivity index (χ1v) is 9.31. The minimum absolute atomic E-state index is 0.140. The quantitative estimate of drug-likeness (QED) is 0.510. The molecule has 0 aliphatic heterocycles. The summed E-state index contributed by atoms with van der Waals surface area (Å²) in [4.78, 5) is 16.5. The summed E-state index contributed by atoms with van der Waals surface area (Å²) >= 11 is 0. The second-order valence-electron chi connectivity index (χ2n) is 6.79. The number of furan rings is 1. The highest BCUT2D eigenvalue weighted by atomic mass is 16.5. The number of hydrogen-bond acceptors (Lipinski definition) is 8. The number of aryl methyl sites for hydroxylation is 1. The van der Waals surface area contributed by atoms with Crippen molar-refractivity contribution in [3.8, 4) is 23.0 Å². The molecule has 3 heterocycles. The van der Waals surface area contributed by atoms with Gasteiger partial charge in [-0.2, -0.15) is 4.98 Å². The fourth-order valence-electron chi connectivity index (χ4n) is 2.96. The van der Waals surface area contributed by atoms with E-state index in [0.29, 0.717) is 35.6 Å². The van der Waals surface area contributed by atoms with Crippen LogP contribution in [0.5, 0.6) is 0 Å². The van der Waals surface area contributed by atoms with Gasteiger partial charge in [0.05, 0.1) is 12.3 Å². The number of anilines is 1. The Kier molecular flexibility index (Phi) is 4.35. The Balaban J connectivity index is 1.17. The van der Waals surface area contributed by atoms with Gasteiger partial charge in [0, 0.05) is 24.1 Å². The summed E-state index contributed by atoms with van der Waals surface area (Å²) in [5.74, 6) is 1.88. The second kappa shape index (κ2) is 7.30. The highest BCUT2D eigenvalue weighted by Gasteiger charge is 2.28. The van der Waals surface area contributed by atoms with E-state index < -0.39 is 0 Å². The van der Waals surface area contributed by atoms with E-state index in [-0.39, 0.29) is 12.3 Å². The molecule has 10 heteroatoms. The van der Waals surface area contributed by atoms with Gasteiger partial charge in [0.1, 0.15) is 0 Å². The molecule has 1 saturated carbocycles. The van der Waals surface area contributed by atoms with E-state index in [1.807, 2.05) is 28.9 Å².